The van der Waals surface area contributed by atoms with E-state index in [9.17, 15) is 9.59 Å². The summed E-state index contributed by atoms with van der Waals surface area (Å²) in [5, 5.41) is 1.42. The predicted molar refractivity (Wildman–Crippen MR) is 95.0 cm³/mol. The van der Waals surface area contributed by atoms with E-state index in [0.717, 1.165) is 24.9 Å². The number of fused-ring (bicyclic) bond motifs is 1. The summed E-state index contributed by atoms with van der Waals surface area (Å²) in [4.78, 5) is 25.3. The van der Waals surface area contributed by atoms with Gasteiger partial charge in [-0.05, 0) is 51.7 Å². The van der Waals surface area contributed by atoms with Gasteiger partial charge in [-0.1, -0.05) is 41.5 Å². The molecule has 1 aromatic carbocycles. The Hall–Kier alpha value is -2.36. The van der Waals surface area contributed by atoms with E-state index >= 15 is 0 Å². The molecule has 0 unspecified atom stereocenters. The van der Waals surface area contributed by atoms with E-state index in [-0.39, 0.29) is 23.7 Å². The molecule has 1 saturated carbocycles. The second kappa shape index (κ2) is 7.04. The van der Waals surface area contributed by atoms with Gasteiger partial charge in [0.1, 0.15) is 0 Å². The molecule has 1 aromatic rings. The summed E-state index contributed by atoms with van der Waals surface area (Å²) in [6.07, 6.45) is 7.65. The number of nitrogens with zero attached hydrogens (tertiary/aromatic N) is 1. The van der Waals surface area contributed by atoms with Gasteiger partial charge < -0.3 is 0 Å². The molecule has 1 aliphatic carbocycles. The van der Waals surface area contributed by atoms with Crippen molar-refractivity contribution in [2.24, 2.45) is 11.8 Å². The molecule has 0 spiro atoms. The Morgan fingerprint density at radius 1 is 1.21 bits per heavy atom. The molecule has 3 rings (SSSR count). The van der Waals surface area contributed by atoms with E-state index in [0.29, 0.717) is 6.42 Å². The fourth-order valence-corrected chi connectivity index (χ4v) is 3.47. The minimum atomic E-state index is -0.232. The number of benzene rings is 1. The zero-order valence-corrected chi connectivity index (χ0v) is 14.3. The number of hydrazine groups is 1. The predicted octanol–water partition coefficient (Wildman–Crippen LogP) is 3.76. The van der Waals surface area contributed by atoms with E-state index in [4.69, 9.17) is 0 Å². The summed E-state index contributed by atoms with van der Waals surface area (Å²) in [7, 11) is 0. The van der Waals surface area contributed by atoms with Gasteiger partial charge in [-0.2, -0.15) is 0 Å². The quantitative estimate of drug-likeness (QED) is 0.861. The van der Waals surface area contributed by atoms with Crippen LogP contribution in [-0.4, -0.2) is 11.8 Å². The molecular formula is C20H24N2O2. The van der Waals surface area contributed by atoms with Crippen molar-refractivity contribution < 1.29 is 9.59 Å². The lowest BCUT2D eigenvalue weighted by Gasteiger charge is -2.40. The number of carbonyl (C=O) groups is 2. The summed E-state index contributed by atoms with van der Waals surface area (Å²) in [6.45, 7) is 4.17. The molecule has 0 radical (unpaired) electrons. The first-order chi connectivity index (χ1) is 11.6. The van der Waals surface area contributed by atoms with Crippen LogP contribution in [0.15, 0.2) is 53.6 Å². The molecule has 2 amide bonds. The second-order valence-electron chi connectivity index (χ2n) is 6.82. The number of amides is 2. The molecule has 2 fully saturated rings. The Labute approximate surface area is 143 Å². The third-order valence-corrected chi connectivity index (χ3v) is 4.79. The molecule has 1 heterocycles. The molecule has 4 nitrogen and oxygen atoms in total. The molecule has 126 valence electrons. The van der Waals surface area contributed by atoms with Crippen molar-refractivity contribution in [3.8, 4) is 0 Å². The van der Waals surface area contributed by atoms with Gasteiger partial charge in [0.25, 0.3) is 0 Å². The molecule has 0 bridgehead atoms. The van der Waals surface area contributed by atoms with Gasteiger partial charge in [0, 0.05) is 0 Å². The van der Waals surface area contributed by atoms with E-state index in [1.807, 2.05) is 30.3 Å². The lowest BCUT2D eigenvalue weighted by Crippen LogP contribution is -2.59. The number of nitrogens with one attached hydrogen (secondary N) is 1. The maximum atomic E-state index is 12.8. The monoisotopic (exact) mass is 324 g/mol. The summed E-state index contributed by atoms with van der Waals surface area (Å²) in [6, 6.07) is 9.31. The number of para-hydroxylation sites is 1. The summed E-state index contributed by atoms with van der Waals surface area (Å²) < 4.78 is 0. The molecule has 2 atom stereocenters. The Morgan fingerprint density at radius 3 is 2.67 bits per heavy atom. The van der Waals surface area contributed by atoms with Crippen molar-refractivity contribution in [1.29, 1.82) is 0 Å². The Kier molecular flexibility index (Phi) is 4.84. The van der Waals surface area contributed by atoms with Gasteiger partial charge in [-0.3, -0.25) is 15.0 Å². The highest BCUT2D eigenvalue weighted by Crippen LogP contribution is 2.38. The van der Waals surface area contributed by atoms with Crippen molar-refractivity contribution in [3.63, 3.8) is 0 Å². The molecule has 1 N–H and O–H groups in total. The number of hydrogen-bond donors (Lipinski definition) is 1. The molecule has 0 aromatic heterocycles. The number of hydrogen-bond acceptors (Lipinski definition) is 2. The van der Waals surface area contributed by atoms with Gasteiger partial charge in [0.2, 0.25) is 11.8 Å². The van der Waals surface area contributed by atoms with Gasteiger partial charge in [-0.15, -0.1) is 0 Å². The average molecular weight is 324 g/mol. The highest BCUT2D eigenvalue weighted by Gasteiger charge is 2.44. The molecule has 4 heteroatoms. The zero-order chi connectivity index (χ0) is 17.1. The average Bonchev–Trinajstić information content (AvgIpc) is 2.58. The largest absolute Gasteiger partial charge is 0.273 e. The van der Waals surface area contributed by atoms with Crippen LogP contribution < -0.4 is 10.4 Å². The molecule has 24 heavy (non-hydrogen) atoms. The van der Waals surface area contributed by atoms with Gasteiger partial charge in [-0.25, -0.2) is 5.01 Å². The lowest BCUT2D eigenvalue weighted by atomic mass is 9.74. The van der Waals surface area contributed by atoms with Crippen molar-refractivity contribution in [2.45, 2.75) is 39.5 Å². The number of carbonyl (C=O) groups excluding carboxylic acids is 2. The van der Waals surface area contributed by atoms with Gasteiger partial charge in [0.15, 0.2) is 0 Å². The maximum Gasteiger partial charge on any atom is 0.249 e. The topological polar surface area (TPSA) is 49.4 Å². The third kappa shape index (κ3) is 3.42. The second-order valence-corrected chi connectivity index (χ2v) is 6.82. The van der Waals surface area contributed by atoms with E-state index < -0.39 is 0 Å². The van der Waals surface area contributed by atoms with Crippen LogP contribution in [-0.2, 0) is 9.59 Å². The molecular weight excluding hydrogens is 300 g/mol. The van der Waals surface area contributed by atoms with Gasteiger partial charge >= 0.3 is 0 Å². The molecule has 1 aliphatic heterocycles. The first-order valence-electron chi connectivity index (χ1n) is 8.57. The highest BCUT2D eigenvalue weighted by atomic mass is 16.2. The van der Waals surface area contributed by atoms with Crippen LogP contribution in [0.5, 0.6) is 0 Å². The molecule has 2 aliphatic rings. The van der Waals surface area contributed by atoms with Crippen LogP contribution in [0, 0.1) is 11.8 Å². The van der Waals surface area contributed by atoms with Crippen molar-refractivity contribution >= 4 is 17.5 Å². The third-order valence-electron chi connectivity index (χ3n) is 4.79. The SMILES string of the molecule is CC(C)=CCC=C1CC[C@H]2C(=O)N(c3ccccc3)NC(=O)[C@@H]2C1. The fraction of sp³-hybridized carbons (Fsp3) is 0.400. The summed E-state index contributed by atoms with van der Waals surface area (Å²) in [5.41, 5.74) is 6.10. The smallest absolute Gasteiger partial charge is 0.249 e. The van der Waals surface area contributed by atoms with Gasteiger partial charge in [0.05, 0.1) is 17.5 Å². The number of allylic oxidation sites excluding steroid dienone is 4. The van der Waals surface area contributed by atoms with Crippen LogP contribution in [0.1, 0.15) is 39.5 Å². The van der Waals surface area contributed by atoms with E-state index in [2.05, 4.69) is 31.4 Å². The number of rotatable bonds is 3. The standard InChI is InChI=1S/C20H24N2O2/c1-14(2)7-6-8-15-11-12-17-18(13-15)19(23)21-22(20(17)24)16-9-4-3-5-10-16/h3-5,7-10,17-18H,6,11-13H2,1-2H3,(H,21,23)/t17-,18-/m1/s1. The Balaban J connectivity index is 1.74. The first-order valence-corrected chi connectivity index (χ1v) is 8.57. The van der Waals surface area contributed by atoms with E-state index in [1.54, 1.807) is 0 Å². The van der Waals surface area contributed by atoms with Crippen LogP contribution >= 0.6 is 0 Å². The normalized spacial score (nSPS) is 25.2. The molecule has 1 saturated heterocycles. The minimum Gasteiger partial charge on any atom is -0.273 e. The zero-order valence-electron chi connectivity index (χ0n) is 14.3. The van der Waals surface area contributed by atoms with Crippen LogP contribution in [0.2, 0.25) is 0 Å². The van der Waals surface area contributed by atoms with Crippen molar-refractivity contribution in [1.82, 2.24) is 5.43 Å². The van der Waals surface area contributed by atoms with Crippen molar-refractivity contribution in [3.05, 3.63) is 53.6 Å². The summed E-state index contributed by atoms with van der Waals surface area (Å²) >= 11 is 0. The fourth-order valence-electron chi connectivity index (χ4n) is 3.47. The summed E-state index contributed by atoms with van der Waals surface area (Å²) in [5.74, 6) is -0.478. The Morgan fingerprint density at radius 2 is 1.96 bits per heavy atom. The lowest BCUT2D eigenvalue weighted by molar-refractivity contribution is -0.140. The minimum absolute atomic E-state index is 0.00847. The van der Waals surface area contributed by atoms with Crippen LogP contribution in [0.4, 0.5) is 5.69 Å². The maximum absolute atomic E-state index is 12.8. The first kappa shape index (κ1) is 16.5. The Bertz CT molecular complexity index is 687. The van der Waals surface area contributed by atoms with Crippen molar-refractivity contribution in [2.75, 3.05) is 5.01 Å². The van der Waals surface area contributed by atoms with Crippen LogP contribution in [0.25, 0.3) is 0 Å². The van der Waals surface area contributed by atoms with Crippen LogP contribution in [0.3, 0.4) is 0 Å². The van der Waals surface area contributed by atoms with E-state index in [1.165, 1.54) is 16.2 Å². The number of anilines is 1. The highest BCUT2D eigenvalue weighted by molar-refractivity contribution is 6.04.